The van der Waals surface area contributed by atoms with Gasteiger partial charge in [-0.1, -0.05) is 11.6 Å². The number of nitrogens with one attached hydrogen (secondary N) is 1. The fourth-order valence-electron chi connectivity index (χ4n) is 1.73. The maximum Gasteiger partial charge on any atom is 0.120 e. The predicted octanol–water partition coefficient (Wildman–Crippen LogP) is 2.42. The highest BCUT2D eigenvalue weighted by atomic mass is 35.5. The zero-order chi connectivity index (χ0) is 13.0. The average Bonchev–Trinajstić information content (AvgIpc) is 2.83. The molecule has 1 atom stereocenters. The lowest BCUT2D eigenvalue weighted by atomic mass is 10.2. The molecular formula is C13H16ClN3O. The Balaban J connectivity index is 1.89. The number of phenols is 1. The standard InChI is InChI=1S/C13H16ClN3O/c1-10(9-17-6-2-5-16-17)15-8-11-7-12(14)3-4-13(11)18/h2-7,10,15,18H,8-9H2,1H3. The number of rotatable bonds is 5. The molecule has 5 heteroatoms. The average molecular weight is 266 g/mol. The summed E-state index contributed by atoms with van der Waals surface area (Å²) in [4.78, 5) is 0. The topological polar surface area (TPSA) is 50.1 Å². The van der Waals surface area contributed by atoms with Crippen LogP contribution in [0.2, 0.25) is 5.02 Å². The van der Waals surface area contributed by atoms with Crippen molar-refractivity contribution in [3.8, 4) is 5.75 Å². The maximum atomic E-state index is 9.69. The molecule has 1 heterocycles. The number of nitrogens with zero attached hydrogens (tertiary/aromatic N) is 2. The molecule has 1 aromatic heterocycles. The van der Waals surface area contributed by atoms with Gasteiger partial charge < -0.3 is 10.4 Å². The van der Waals surface area contributed by atoms with E-state index in [1.54, 1.807) is 24.4 Å². The van der Waals surface area contributed by atoms with Gasteiger partial charge in [0.1, 0.15) is 5.75 Å². The van der Waals surface area contributed by atoms with Gasteiger partial charge in [-0.2, -0.15) is 5.10 Å². The number of aromatic nitrogens is 2. The van der Waals surface area contributed by atoms with Crippen LogP contribution < -0.4 is 5.32 Å². The van der Waals surface area contributed by atoms with Crippen LogP contribution in [0, 0.1) is 0 Å². The number of hydrogen-bond donors (Lipinski definition) is 2. The quantitative estimate of drug-likeness (QED) is 0.873. The van der Waals surface area contributed by atoms with E-state index in [4.69, 9.17) is 11.6 Å². The number of aromatic hydroxyl groups is 1. The zero-order valence-corrected chi connectivity index (χ0v) is 10.9. The number of phenolic OH excluding ortho intramolecular Hbond substituents is 1. The smallest absolute Gasteiger partial charge is 0.120 e. The second-order valence-electron chi connectivity index (χ2n) is 4.28. The third-order valence-corrected chi connectivity index (χ3v) is 2.94. The molecule has 96 valence electrons. The third kappa shape index (κ3) is 3.48. The van der Waals surface area contributed by atoms with Gasteiger partial charge in [-0.25, -0.2) is 0 Å². The molecule has 2 aromatic rings. The van der Waals surface area contributed by atoms with Crippen LogP contribution in [0.4, 0.5) is 0 Å². The first-order chi connectivity index (χ1) is 8.65. The normalized spacial score (nSPS) is 12.6. The van der Waals surface area contributed by atoms with E-state index in [2.05, 4.69) is 17.3 Å². The summed E-state index contributed by atoms with van der Waals surface area (Å²) < 4.78 is 1.87. The first-order valence-electron chi connectivity index (χ1n) is 5.83. The minimum absolute atomic E-state index is 0.253. The van der Waals surface area contributed by atoms with Crippen LogP contribution in [0.3, 0.4) is 0 Å². The van der Waals surface area contributed by atoms with Crippen LogP contribution in [0.5, 0.6) is 5.75 Å². The van der Waals surface area contributed by atoms with Gasteiger partial charge in [-0.05, 0) is 31.2 Å². The third-order valence-electron chi connectivity index (χ3n) is 2.70. The molecule has 0 amide bonds. The minimum Gasteiger partial charge on any atom is -0.508 e. The molecule has 0 saturated heterocycles. The van der Waals surface area contributed by atoms with Crippen molar-refractivity contribution in [2.75, 3.05) is 0 Å². The Morgan fingerprint density at radius 1 is 1.50 bits per heavy atom. The monoisotopic (exact) mass is 265 g/mol. The van der Waals surface area contributed by atoms with Crippen molar-refractivity contribution in [1.29, 1.82) is 0 Å². The highest BCUT2D eigenvalue weighted by Gasteiger charge is 2.06. The first kappa shape index (κ1) is 12.9. The summed E-state index contributed by atoms with van der Waals surface area (Å²) in [6.07, 6.45) is 3.69. The summed E-state index contributed by atoms with van der Waals surface area (Å²) in [7, 11) is 0. The van der Waals surface area contributed by atoms with E-state index in [0.717, 1.165) is 12.1 Å². The molecule has 0 radical (unpaired) electrons. The Labute approximate surface area is 111 Å². The summed E-state index contributed by atoms with van der Waals surface area (Å²) in [5, 5.41) is 17.8. The van der Waals surface area contributed by atoms with Crippen LogP contribution in [0.25, 0.3) is 0 Å². The molecule has 4 nitrogen and oxygen atoms in total. The van der Waals surface area contributed by atoms with Crippen LogP contribution in [-0.2, 0) is 13.1 Å². The number of halogens is 1. The van der Waals surface area contributed by atoms with E-state index < -0.39 is 0 Å². The minimum atomic E-state index is 0.253. The van der Waals surface area contributed by atoms with Gasteiger partial charge in [0.25, 0.3) is 0 Å². The van der Waals surface area contributed by atoms with E-state index in [-0.39, 0.29) is 11.8 Å². The highest BCUT2D eigenvalue weighted by molar-refractivity contribution is 6.30. The molecule has 0 spiro atoms. The Hall–Kier alpha value is -1.52. The molecule has 2 N–H and O–H groups in total. The lowest BCUT2D eigenvalue weighted by Crippen LogP contribution is -2.30. The van der Waals surface area contributed by atoms with Crippen molar-refractivity contribution in [2.45, 2.75) is 26.1 Å². The second kappa shape index (κ2) is 5.89. The largest absolute Gasteiger partial charge is 0.508 e. The van der Waals surface area contributed by atoms with Crippen molar-refractivity contribution in [2.24, 2.45) is 0 Å². The van der Waals surface area contributed by atoms with E-state index in [1.165, 1.54) is 0 Å². The molecule has 0 fully saturated rings. The summed E-state index contributed by atoms with van der Waals surface area (Å²) >= 11 is 5.89. The Morgan fingerprint density at radius 2 is 2.33 bits per heavy atom. The molecule has 1 unspecified atom stereocenters. The molecule has 1 aromatic carbocycles. The van der Waals surface area contributed by atoms with E-state index in [9.17, 15) is 5.11 Å². The molecule has 0 bridgehead atoms. The summed E-state index contributed by atoms with van der Waals surface area (Å²) in [5.41, 5.74) is 0.801. The fraction of sp³-hybridized carbons (Fsp3) is 0.308. The van der Waals surface area contributed by atoms with Gasteiger partial charge >= 0.3 is 0 Å². The number of benzene rings is 1. The van der Waals surface area contributed by atoms with Gasteiger partial charge in [0.05, 0.1) is 6.54 Å². The van der Waals surface area contributed by atoms with E-state index >= 15 is 0 Å². The Kier molecular flexibility index (Phi) is 4.23. The summed E-state index contributed by atoms with van der Waals surface area (Å²) in [6.45, 7) is 3.44. The summed E-state index contributed by atoms with van der Waals surface area (Å²) in [5.74, 6) is 0.262. The van der Waals surface area contributed by atoms with Crippen molar-refractivity contribution >= 4 is 11.6 Å². The zero-order valence-electron chi connectivity index (χ0n) is 10.2. The van der Waals surface area contributed by atoms with Crippen LogP contribution in [0.15, 0.2) is 36.7 Å². The van der Waals surface area contributed by atoms with E-state index in [0.29, 0.717) is 11.6 Å². The van der Waals surface area contributed by atoms with Gasteiger partial charge in [0, 0.05) is 35.6 Å². The molecule has 0 aliphatic carbocycles. The molecule has 2 rings (SSSR count). The Bertz CT molecular complexity index is 499. The second-order valence-corrected chi connectivity index (χ2v) is 4.72. The van der Waals surface area contributed by atoms with E-state index in [1.807, 2.05) is 16.9 Å². The first-order valence-corrected chi connectivity index (χ1v) is 6.21. The lowest BCUT2D eigenvalue weighted by Gasteiger charge is -2.14. The summed E-state index contributed by atoms with van der Waals surface area (Å²) in [6, 6.07) is 7.20. The van der Waals surface area contributed by atoms with Gasteiger partial charge in [-0.15, -0.1) is 0 Å². The van der Waals surface area contributed by atoms with Gasteiger partial charge in [-0.3, -0.25) is 4.68 Å². The molecule has 18 heavy (non-hydrogen) atoms. The number of hydrogen-bond acceptors (Lipinski definition) is 3. The SMILES string of the molecule is CC(Cn1cccn1)NCc1cc(Cl)ccc1O. The maximum absolute atomic E-state index is 9.69. The van der Waals surface area contributed by atoms with Crippen molar-refractivity contribution in [1.82, 2.24) is 15.1 Å². The predicted molar refractivity (Wildman–Crippen MR) is 71.6 cm³/mol. The molecule has 0 saturated carbocycles. The van der Waals surface area contributed by atoms with Crippen LogP contribution >= 0.6 is 11.6 Å². The molecule has 0 aliphatic heterocycles. The molecular weight excluding hydrogens is 250 g/mol. The van der Waals surface area contributed by atoms with Crippen LogP contribution in [-0.4, -0.2) is 20.9 Å². The lowest BCUT2D eigenvalue weighted by molar-refractivity contribution is 0.434. The highest BCUT2D eigenvalue weighted by Crippen LogP contribution is 2.21. The fourth-order valence-corrected chi connectivity index (χ4v) is 1.93. The van der Waals surface area contributed by atoms with Gasteiger partial charge in [0.2, 0.25) is 0 Å². The van der Waals surface area contributed by atoms with Crippen molar-refractivity contribution < 1.29 is 5.11 Å². The van der Waals surface area contributed by atoms with Gasteiger partial charge in [0.15, 0.2) is 0 Å². The Morgan fingerprint density at radius 3 is 3.06 bits per heavy atom. The molecule has 0 aliphatic rings. The van der Waals surface area contributed by atoms with Crippen molar-refractivity contribution in [3.05, 3.63) is 47.2 Å². The van der Waals surface area contributed by atoms with Crippen LogP contribution in [0.1, 0.15) is 12.5 Å². The van der Waals surface area contributed by atoms with Crippen molar-refractivity contribution in [3.63, 3.8) is 0 Å².